The number of aliphatic imine (C=N–C) groups is 1. The number of nitrogens with one attached hydrogen (secondary N) is 3. The molecule has 0 aliphatic heterocycles. The van der Waals surface area contributed by atoms with E-state index in [0.29, 0.717) is 31.5 Å². The highest BCUT2D eigenvalue weighted by atomic mass is 127. The molecular weight excluding hydrogens is 499 g/mol. The minimum atomic E-state index is -0.606. The molecule has 1 amide bonds. The minimum Gasteiger partial charge on any atom is -0.386 e. The smallest absolute Gasteiger partial charge is 0.221 e. The van der Waals surface area contributed by atoms with Crippen molar-refractivity contribution >= 4 is 57.3 Å². The SMILES string of the molecule is CN=C(NCCC(=O)NC1CCCCC1)NCC(O)c1cc2ccccc2s1.I. The summed E-state index contributed by atoms with van der Waals surface area (Å²) in [7, 11) is 1.68. The summed E-state index contributed by atoms with van der Waals surface area (Å²) in [6.07, 6.45) is 5.70. The molecule has 1 unspecified atom stereocenters. The number of carbonyl (C=O) groups is 1. The van der Waals surface area contributed by atoms with Gasteiger partial charge in [0.15, 0.2) is 5.96 Å². The number of hydrogen-bond donors (Lipinski definition) is 4. The van der Waals surface area contributed by atoms with E-state index >= 15 is 0 Å². The van der Waals surface area contributed by atoms with Crippen molar-refractivity contribution in [3.05, 3.63) is 35.2 Å². The van der Waals surface area contributed by atoms with Gasteiger partial charge in [-0.05, 0) is 30.4 Å². The number of thiophene rings is 1. The normalized spacial score (nSPS) is 16.1. The molecule has 1 aromatic heterocycles. The van der Waals surface area contributed by atoms with E-state index in [9.17, 15) is 9.90 Å². The number of hydrogen-bond acceptors (Lipinski definition) is 4. The number of rotatable bonds is 7. The van der Waals surface area contributed by atoms with Gasteiger partial charge in [-0.15, -0.1) is 35.3 Å². The molecule has 1 aliphatic rings. The van der Waals surface area contributed by atoms with Crippen LogP contribution in [0.15, 0.2) is 35.3 Å². The lowest BCUT2D eigenvalue weighted by molar-refractivity contribution is -0.121. The summed E-state index contributed by atoms with van der Waals surface area (Å²) in [5.41, 5.74) is 0. The van der Waals surface area contributed by atoms with Crippen LogP contribution in [0.4, 0.5) is 0 Å². The van der Waals surface area contributed by atoms with Crippen molar-refractivity contribution in [2.75, 3.05) is 20.1 Å². The molecule has 0 bridgehead atoms. The second kappa shape index (κ2) is 12.3. The monoisotopic (exact) mass is 530 g/mol. The number of benzene rings is 1. The van der Waals surface area contributed by atoms with Gasteiger partial charge in [0.1, 0.15) is 6.10 Å². The molecule has 1 aliphatic carbocycles. The van der Waals surface area contributed by atoms with E-state index in [1.54, 1.807) is 18.4 Å². The number of carbonyl (C=O) groups excluding carboxylic acids is 1. The van der Waals surface area contributed by atoms with Gasteiger partial charge in [-0.1, -0.05) is 37.5 Å². The quantitative estimate of drug-likeness (QED) is 0.251. The van der Waals surface area contributed by atoms with Crippen molar-refractivity contribution in [1.29, 1.82) is 0 Å². The topological polar surface area (TPSA) is 85.8 Å². The van der Waals surface area contributed by atoms with Crippen molar-refractivity contribution in [3.8, 4) is 0 Å². The Morgan fingerprint density at radius 2 is 2.00 bits per heavy atom. The van der Waals surface area contributed by atoms with Crippen LogP contribution in [0.2, 0.25) is 0 Å². The van der Waals surface area contributed by atoms with Crippen LogP contribution in [-0.4, -0.2) is 43.2 Å². The third-order valence-electron chi connectivity index (χ3n) is 5.07. The van der Waals surface area contributed by atoms with E-state index < -0.39 is 6.10 Å². The van der Waals surface area contributed by atoms with Crippen LogP contribution in [0.25, 0.3) is 10.1 Å². The number of nitrogens with zero attached hydrogens (tertiary/aromatic N) is 1. The molecule has 1 fully saturated rings. The van der Waals surface area contributed by atoms with Gasteiger partial charge in [-0.2, -0.15) is 0 Å². The van der Waals surface area contributed by atoms with Crippen LogP contribution >= 0.6 is 35.3 Å². The van der Waals surface area contributed by atoms with Gasteiger partial charge < -0.3 is 21.1 Å². The van der Waals surface area contributed by atoms with Crippen LogP contribution in [0.5, 0.6) is 0 Å². The highest BCUT2D eigenvalue weighted by Crippen LogP contribution is 2.29. The van der Waals surface area contributed by atoms with Crippen LogP contribution < -0.4 is 16.0 Å². The highest BCUT2D eigenvalue weighted by Gasteiger charge is 2.16. The summed E-state index contributed by atoms with van der Waals surface area (Å²) < 4.78 is 1.17. The molecule has 4 N–H and O–H groups in total. The van der Waals surface area contributed by atoms with Crippen LogP contribution in [0, 0.1) is 0 Å². The number of aliphatic hydroxyl groups excluding tert-OH is 1. The zero-order chi connectivity index (χ0) is 19.8. The number of fused-ring (bicyclic) bond motifs is 1. The molecule has 160 valence electrons. The fourth-order valence-corrected chi connectivity index (χ4v) is 4.57. The maximum absolute atomic E-state index is 12.1. The Labute approximate surface area is 193 Å². The third kappa shape index (κ3) is 7.42. The standard InChI is InChI=1S/C21H30N4O2S.HI/c1-22-21(23-12-11-20(27)25-16-8-3-2-4-9-16)24-14-17(26)19-13-15-7-5-6-10-18(15)28-19;/h5-7,10,13,16-17,26H,2-4,8-9,11-12,14H2,1H3,(H,25,27)(H2,22,23,24);1H. The first-order chi connectivity index (χ1) is 13.7. The molecule has 0 radical (unpaired) electrons. The molecule has 6 nitrogen and oxygen atoms in total. The Morgan fingerprint density at radius 3 is 2.72 bits per heavy atom. The molecule has 1 heterocycles. The van der Waals surface area contributed by atoms with Crippen LogP contribution in [0.3, 0.4) is 0 Å². The average Bonchev–Trinajstić information content (AvgIpc) is 3.15. The second-order valence-electron chi connectivity index (χ2n) is 7.23. The summed E-state index contributed by atoms with van der Waals surface area (Å²) in [5, 5.41) is 21.0. The molecule has 1 aromatic carbocycles. The van der Waals surface area contributed by atoms with E-state index in [1.165, 1.54) is 24.0 Å². The summed E-state index contributed by atoms with van der Waals surface area (Å²) in [6, 6.07) is 10.5. The number of guanidine groups is 1. The fourth-order valence-electron chi connectivity index (χ4n) is 3.52. The van der Waals surface area contributed by atoms with Crippen LogP contribution in [-0.2, 0) is 4.79 Å². The third-order valence-corrected chi connectivity index (χ3v) is 6.29. The van der Waals surface area contributed by atoms with E-state index in [4.69, 9.17) is 0 Å². The Balaban J connectivity index is 0.00000300. The molecule has 0 spiro atoms. The molecule has 8 heteroatoms. The van der Waals surface area contributed by atoms with E-state index in [1.807, 2.05) is 24.3 Å². The molecule has 2 aromatic rings. The maximum Gasteiger partial charge on any atom is 0.221 e. The van der Waals surface area contributed by atoms with Crippen molar-refractivity contribution in [2.24, 2.45) is 4.99 Å². The van der Waals surface area contributed by atoms with E-state index in [0.717, 1.165) is 23.1 Å². The summed E-state index contributed by atoms with van der Waals surface area (Å²) >= 11 is 1.60. The first kappa shape index (κ1) is 23.9. The summed E-state index contributed by atoms with van der Waals surface area (Å²) in [4.78, 5) is 17.2. The zero-order valence-corrected chi connectivity index (χ0v) is 20.0. The zero-order valence-electron chi connectivity index (χ0n) is 16.8. The lowest BCUT2D eigenvalue weighted by Gasteiger charge is -2.22. The molecule has 3 rings (SSSR count). The lowest BCUT2D eigenvalue weighted by Crippen LogP contribution is -2.42. The van der Waals surface area contributed by atoms with Crippen molar-refractivity contribution in [1.82, 2.24) is 16.0 Å². The first-order valence-corrected chi connectivity index (χ1v) is 10.9. The Bertz CT molecular complexity index is 772. The number of amides is 1. The molecule has 1 atom stereocenters. The Kier molecular flexibility index (Phi) is 10.2. The first-order valence-electron chi connectivity index (χ1n) is 10.1. The van der Waals surface area contributed by atoms with Gasteiger partial charge in [-0.3, -0.25) is 9.79 Å². The van der Waals surface area contributed by atoms with Gasteiger partial charge in [0.2, 0.25) is 5.91 Å². The largest absolute Gasteiger partial charge is 0.386 e. The van der Waals surface area contributed by atoms with E-state index in [-0.39, 0.29) is 29.9 Å². The minimum absolute atomic E-state index is 0. The summed E-state index contributed by atoms with van der Waals surface area (Å²) in [6.45, 7) is 0.873. The predicted octanol–water partition coefficient (Wildman–Crippen LogP) is 3.56. The lowest BCUT2D eigenvalue weighted by atomic mass is 9.95. The molecule has 29 heavy (non-hydrogen) atoms. The summed E-state index contributed by atoms with van der Waals surface area (Å²) in [5.74, 6) is 0.672. The fraction of sp³-hybridized carbons (Fsp3) is 0.524. The van der Waals surface area contributed by atoms with Crippen molar-refractivity contribution in [3.63, 3.8) is 0 Å². The predicted molar refractivity (Wildman–Crippen MR) is 131 cm³/mol. The maximum atomic E-state index is 12.1. The number of aliphatic hydroxyl groups is 1. The van der Waals surface area contributed by atoms with Gasteiger partial charge >= 0.3 is 0 Å². The van der Waals surface area contributed by atoms with Gasteiger partial charge in [-0.25, -0.2) is 0 Å². The van der Waals surface area contributed by atoms with Crippen LogP contribution in [0.1, 0.15) is 49.5 Å². The molecule has 1 saturated carbocycles. The Morgan fingerprint density at radius 1 is 1.24 bits per heavy atom. The van der Waals surface area contributed by atoms with Gasteiger partial charge in [0.25, 0.3) is 0 Å². The van der Waals surface area contributed by atoms with E-state index in [2.05, 4.69) is 27.0 Å². The van der Waals surface area contributed by atoms with Gasteiger partial charge in [0, 0.05) is 42.2 Å². The highest BCUT2D eigenvalue weighted by molar-refractivity contribution is 14.0. The molecular formula is C21H31IN4O2S. The molecule has 0 saturated heterocycles. The average molecular weight is 530 g/mol. The van der Waals surface area contributed by atoms with Crippen molar-refractivity contribution in [2.45, 2.75) is 50.7 Å². The second-order valence-corrected chi connectivity index (χ2v) is 8.35. The number of halogens is 1. The Hall–Kier alpha value is -1.39. The van der Waals surface area contributed by atoms with Crippen molar-refractivity contribution < 1.29 is 9.90 Å². The van der Waals surface area contributed by atoms with Gasteiger partial charge in [0.05, 0.1) is 0 Å².